The van der Waals surface area contributed by atoms with Crippen LogP contribution >= 0.6 is 11.3 Å². The van der Waals surface area contributed by atoms with Crippen LogP contribution in [0, 0.1) is 0 Å². The molecule has 9 heavy (non-hydrogen) atoms. The van der Waals surface area contributed by atoms with Crippen molar-refractivity contribution in [3.05, 3.63) is 5.38 Å². The van der Waals surface area contributed by atoms with Crippen molar-refractivity contribution < 1.29 is 5.11 Å². The Morgan fingerprint density at radius 3 is 3.33 bits per heavy atom. The van der Waals surface area contributed by atoms with Crippen LogP contribution in [0.25, 0.3) is 4.96 Å². The van der Waals surface area contributed by atoms with Crippen molar-refractivity contribution in [3.63, 3.8) is 0 Å². The molecule has 2 aromatic heterocycles. The third-order valence-electron chi connectivity index (χ3n) is 0.928. The van der Waals surface area contributed by atoms with Gasteiger partial charge in [-0.1, -0.05) is 16.4 Å². The number of nitrogens with zero attached hydrogens (tertiary/aromatic N) is 4. The van der Waals surface area contributed by atoms with E-state index in [1.165, 1.54) is 15.9 Å². The van der Waals surface area contributed by atoms with Crippen LogP contribution in [0.3, 0.4) is 0 Å². The first kappa shape index (κ1) is 4.68. The molecule has 0 aliphatic heterocycles. The number of fused-ring (bicyclic) bond motifs is 1. The van der Waals surface area contributed by atoms with E-state index in [4.69, 9.17) is 5.11 Å². The molecule has 0 bridgehead atoms. The Hall–Kier alpha value is -1.17. The first-order valence-corrected chi connectivity index (χ1v) is 3.10. The minimum absolute atomic E-state index is 0.0833. The van der Waals surface area contributed by atoms with Gasteiger partial charge < -0.3 is 5.11 Å². The number of tetrazole rings is 1. The molecule has 0 aliphatic rings. The smallest absolute Gasteiger partial charge is 0.237 e. The molecule has 0 aromatic carbocycles. The summed E-state index contributed by atoms with van der Waals surface area (Å²) in [5.41, 5.74) is 0. The maximum atomic E-state index is 8.93. The summed E-state index contributed by atoms with van der Waals surface area (Å²) >= 11 is 1.30. The van der Waals surface area contributed by atoms with Gasteiger partial charge in [0, 0.05) is 0 Å². The predicted octanol–water partition coefficient (Wildman–Crippen LogP) is -0.109. The molecular formula is C3H2N4OS. The van der Waals surface area contributed by atoms with Crippen LogP contribution in [-0.2, 0) is 0 Å². The molecule has 0 fully saturated rings. The Labute approximate surface area is 53.5 Å². The Balaban J connectivity index is 2.99. The van der Waals surface area contributed by atoms with Gasteiger partial charge in [-0.25, -0.2) is 0 Å². The molecule has 2 aromatic rings. The molecule has 46 valence electrons. The Bertz CT molecular complexity index is 325. The van der Waals surface area contributed by atoms with E-state index in [0.29, 0.717) is 4.96 Å². The predicted molar refractivity (Wildman–Crippen MR) is 30.3 cm³/mol. The van der Waals surface area contributed by atoms with Crippen molar-refractivity contribution >= 4 is 16.3 Å². The normalized spacial score (nSPS) is 10.7. The van der Waals surface area contributed by atoms with E-state index < -0.39 is 0 Å². The SMILES string of the molecule is Oc1csc2nnnn12. The highest BCUT2D eigenvalue weighted by Gasteiger charge is 2.01. The van der Waals surface area contributed by atoms with Crippen LogP contribution in [0.4, 0.5) is 0 Å². The number of hydrogen-bond donors (Lipinski definition) is 1. The van der Waals surface area contributed by atoms with Crippen molar-refractivity contribution in [2.45, 2.75) is 0 Å². The number of aromatic nitrogens is 4. The van der Waals surface area contributed by atoms with Crippen molar-refractivity contribution in [1.29, 1.82) is 0 Å². The topological polar surface area (TPSA) is 63.3 Å². The van der Waals surface area contributed by atoms with E-state index >= 15 is 0 Å². The van der Waals surface area contributed by atoms with E-state index in [0.717, 1.165) is 0 Å². The van der Waals surface area contributed by atoms with Gasteiger partial charge in [0.25, 0.3) is 0 Å². The van der Waals surface area contributed by atoms with E-state index in [1.807, 2.05) is 0 Å². The largest absolute Gasteiger partial charge is 0.493 e. The van der Waals surface area contributed by atoms with E-state index in [9.17, 15) is 0 Å². The third kappa shape index (κ3) is 0.501. The number of hydrogen-bond acceptors (Lipinski definition) is 5. The Morgan fingerprint density at radius 1 is 1.67 bits per heavy atom. The maximum absolute atomic E-state index is 8.93. The minimum atomic E-state index is 0.0833. The van der Waals surface area contributed by atoms with Gasteiger partial charge in [-0.2, -0.15) is 0 Å². The van der Waals surface area contributed by atoms with Crippen LogP contribution in [-0.4, -0.2) is 25.1 Å². The molecule has 0 saturated carbocycles. The summed E-state index contributed by atoms with van der Waals surface area (Å²) in [6, 6.07) is 0. The Morgan fingerprint density at radius 2 is 2.56 bits per heavy atom. The highest BCUT2D eigenvalue weighted by Crippen LogP contribution is 2.16. The lowest BCUT2D eigenvalue weighted by Gasteiger charge is -1.77. The zero-order chi connectivity index (χ0) is 6.27. The molecule has 0 unspecified atom stereocenters. The summed E-state index contributed by atoms with van der Waals surface area (Å²) < 4.78 is 1.27. The van der Waals surface area contributed by atoms with Crippen LogP contribution in [0.2, 0.25) is 0 Å². The second-order valence-electron chi connectivity index (χ2n) is 1.47. The summed E-state index contributed by atoms with van der Waals surface area (Å²) in [7, 11) is 0. The summed E-state index contributed by atoms with van der Waals surface area (Å²) in [4.78, 5) is 0.604. The zero-order valence-corrected chi connectivity index (χ0v) is 5.04. The van der Waals surface area contributed by atoms with Crippen LogP contribution in [0.1, 0.15) is 0 Å². The third-order valence-corrected chi connectivity index (χ3v) is 1.72. The van der Waals surface area contributed by atoms with E-state index in [-0.39, 0.29) is 5.88 Å². The van der Waals surface area contributed by atoms with Gasteiger partial charge in [-0.3, -0.25) is 0 Å². The van der Waals surface area contributed by atoms with Crippen molar-refractivity contribution in [1.82, 2.24) is 20.0 Å². The van der Waals surface area contributed by atoms with Gasteiger partial charge in [-0.15, -0.1) is 4.52 Å². The van der Waals surface area contributed by atoms with Gasteiger partial charge in [0.1, 0.15) is 0 Å². The average Bonchev–Trinajstić information content (AvgIpc) is 2.35. The fourth-order valence-corrected chi connectivity index (χ4v) is 1.18. The van der Waals surface area contributed by atoms with Gasteiger partial charge in [-0.05, 0) is 10.4 Å². The highest BCUT2D eigenvalue weighted by atomic mass is 32.1. The number of thiazole rings is 1. The maximum Gasteiger partial charge on any atom is 0.237 e. The Kier molecular flexibility index (Phi) is 0.734. The zero-order valence-electron chi connectivity index (χ0n) is 4.22. The summed E-state index contributed by atoms with van der Waals surface area (Å²) in [5, 5.41) is 20.9. The molecule has 2 heterocycles. The quantitative estimate of drug-likeness (QED) is 0.557. The fourth-order valence-electron chi connectivity index (χ4n) is 0.552. The second-order valence-corrected chi connectivity index (χ2v) is 2.30. The lowest BCUT2D eigenvalue weighted by Crippen LogP contribution is -1.80. The van der Waals surface area contributed by atoms with Crippen molar-refractivity contribution in [3.8, 4) is 5.88 Å². The highest BCUT2D eigenvalue weighted by molar-refractivity contribution is 7.15. The van der Waals surface area contributed by atoms with Crippen molar-refractivity contribution in [2.75, 3.05) is 0 Å². The number of rotatable bonds is 0. The minimum Gasteiger partial charge on any atom is -0.493 e. The molecule has 0 aliphatic carbocycles. The standard InChI is InChI=1S/C3H2N4OS/c8-2-1-9-3-4-5-6-7(2)3/h1,8H. The molecule has 1 N–H and O–H groups in total. The fraction of sp³-hybridized carbons (Fsp3) is 0. The molecule has 6 heteroatoms. The van der Waals surface area contributed by atoms with Gasteiger partial charge in [0.05, 0.1) is 5.38 Å². The average molecular weight is 142 g/mol. The van der Waals surface area contributed by atoms with Gasteiger partial charge >= 0.3 is 0 Å². The first-order chi connectivity index (χ1) is 4.38. The molecule has 0 radical (unpaired) electrons. The van der Waals surface area contributed by atoms with Crippen LogP contribution in [0.5, 0.6) is 5.88 Å². The molecule has 5 nitrogen and oxygen atoms in total. The van der Waals surface area contributed by atoms with Crippen molar-refractivity contribution in [2.24, 2.45) is 0 Å². The molecule has 2 rings (SSSR count). The van der Waals surface area contributed by atoms with Crippen LogP contribution in [0.15, 0.2) is 5.38 Å². The van der Waals surface area contributed by atoms with Gasteiger partial charge in [0.2, 0.25) is 10.8 Å². The monoisotopic (exact) mass is 142 g/mol. The number of aromatic hydroxyl groups is 1. The molecule has 0 spiro atoms. The van der Waals surface area contributed by atoms with E-state index in [2.05, 4.69) is 15.5 Å². The van der Waals surface area contributed by atoms with Crippen LogP contribution < -0.4 is 0 Å². The van der Waals surface area contributed by atoms with E-state index in [1.54, 1.807) is 5.38 Å². The molecule has 0 atom stereocenters. The lowest BCUT2D eigenvalue weighted by molar-refractivity contribution is 0.438. The molecule has 0 amide bonds. The molecular weight excluding hydrogens is 140 g/mol. The van der Waals surface area contributed by atoms with Gasteiger partial charge in [0.15, 0.2) is 0 Å². The first-order valence-electron chi connectivity index (χ1n) is 2.22. The summed E-state index contributed by atoms with van der Waals surface area (Å²) in [5.74, 6) is 0.0833. The molecule has 0 saturated heterocycles. The summed E-state index contributed by atoms with van der Waals surface area (Å²) in [6.07, 6.45) is 0. The summed E-state index contributed by atoms with van der Waals surface area (Å²) in [6.45, 7) is 0. The lowest BCUT2D eigenvalue weighted by atomic mass is 10.9. The second kappa shape index (κ2) is 1.41.